The van der Waals surface area contributed by atoms with E-state index < -0.39 is 12.8 Å². The maximum atomic E-state index is 12.1. The minimum atomic E-state index is -4.37. The SMILES string of the molecule is O=C(COc1ccc(I)cc1)NCc1ccc(OCC(F)(F)F)cc1. The molecule has 0 aliphatic rings. The van der Waals surface area contributed by atoms with Crippen LogP contribution < -0.4 is 14.8 Å². The fraction of sp³-hybridized carbons (Fsp3) is 0.235. The third-order valence-electron chi connectivity index (χ3n) is 3.00. The van der Waals surface area contributed by atoms with E-state index in [-0.39, 0.29) is 24.8 Å². The van der Waals surface area contributed by atoms with Crippen LogP contribution in [0.3, 0.4) is 0 Å². The molecule has 1 amide bonds. The Kier molecular flexibility index (Phi) is 6.91. The molecule has 2 rings (SSSR count). The number of amides is 1. The zero-order valence-electron chi connectivity index (χ0n) is 13.0. The van der Waals surface area contributed by atoms with E-state index in [4.69, 9.17) is 4.74 Å². The lowest BCUT2D eigenvalue weighted by Gasteiger charge is -2.10. The molecule has 0 saturated heterocycles. The van der Waals surface area contributed by atoms with Crippen molar-refractivity contribution in [3.63, 3.8) is 0 Å². The lowest BCUT2D eigenvalue weighted by atomic mass is 10.2. The molecule has 2 aromatic carbocycles. The van der Waals surface area contributed by atoms with Gasteiger partial charge in [0.15, 0.2) is 13.2 Å². The predicted molar refractivity (Wildman–Crippen MR) is 94.5 cm³/mol. The molecule has 0 saturated carbocycles. The lowest BCUT2D eigenvalue weighted by molar-refractivity contribution is -0.153. The Morgan fingerprint density at radius 1 is 0.960 bits per heavy atom. The van der Waals surface area contributed by atoms with Crippen LogP contribution in [-0.2, 0) is 11.3 Å². The molecule has 0 atom stereocenters. The summed E-state index contributed by atoms with van der Waals surface area (Å²) in [5, 5.41) is 2.67. The number of hydrogen-bond acceptors (Lipinski definition) is 3. The van der Waals surface area contributed by atoms with Crippen molar-refractivity contribution in [2.24, 2.45) is 0 Å². The Balaban J connectivity index is 1.73. The van der Waals surface area contributed by atoms with Crippen LogP contribution in [0.4, 0.5) is 13.2 Å². The Hall–Kier alpha value is -1.97. The van der Waals surface area contributed by atoms with E-state index in [0.717, 1.165) is 9.13 Å². The summed E-state index contributed by atoms with van der Waals surface area (Å²) in [5.74, 6) is 0.423. The fourth-order valence-corrected chi connectivity index (χ4v) is 2.16. The van der Waals surface area contributed by atoms with E-state index in [1.165, 1.54) is 12.1 Å². The Labute approximate surface area is 156 Å². The van der Waals surface area contributed by atoms with E-state index in [1.807, 2.05) is 12.1 Å². The van der Waals surface area contributed by atoms with Crippen molar-refractivity contribution < 1.29 is 27.4 Å². The van der Waals surface area contributed by atoms with Crippen LogP contribution >= 0.6 is 22.6 Å². The maximum absolute atomic E-state index is 12.1. The van der Waals surface area contributed by atoms with Gasteiger partial charge in [0, 0.05) is 10.1 Å². The number of hydrogen-bond donors (Lipinski definition) is 1. The molecule has 4 nitrogen and oxygen atoms in total. The molecule has 134 valence electrons. The summed E-state index contributed by atoms with van der Waals surface area (Å²) < 4.78 is 47.2. The number of halogens is 4. The number of alkyl halides is 3. The first-order valence-electron chi connectivity index (χ1n) is 7.25. The summed E-state index contributed by atoms with van der Waals surface area (Å²) in [6.07, 6.45) is -4.37. The number of rotatable bonds is 7. The van der Waals surface area contributed by atoms with Crippen LogP contribution in [0.5, 0.6) is 11.5 Å². The third kappa shape index (κ3) is 7.63. The van der Waals surface area contributed by atoms with Crippen molar-refractivity contribution in [2.45, 2.75) is 12.7 Å². The topological polar surface area (TPSA) is 47.6 Å². The molecule has 8 heteroatoms. The molecule has 0 fully saturated rings. The van der Waals surface area contributed by atoms with Gasteiger partial charge in [0.05, 0.1) is 0 Å². The normalized spacial score (nSPS) is 11.0. The first-order chi connectivity index (χ1) is 11.8. The van der Waals surface area contributed by atoms with Crippen molar-refractivity contribution >= 4 is 28.5 Å². The first-order valence-corrected chi connectivity index (χ1v) is 8.33. The van der Waals surface area contributed by atoms with Gasteiger partial charge in [-0.1, -0.05) is 12.1 Å². The summed E-state index contributed by atoms with van der Waals surface area (Å²) in [7, 11) is 0. The first kappa shape index (κ1) is 19.4. The molecule has 0 aliphatic heterocycles. The molecule has 0 aromatic heterocycles. The van der Waals surface area contributed by atoms with Crippen molar-refractivity contribution in [3.05, 3.63) is 57.7 Å². The standard InChI is InChI=1S/C17H15F3INO3/c18-17(19,20)11-25-15-5-1-12(2-6-15)9-22-16(23)10-24-14-7-3-13(21)4-8-14/h1-8H,9-11H2,(H,22,23). The average molecular weight is 465 g/mol. The molecule has 0 bridgehead atoms. The molecule has 0 unspecified atom stereocenters. The van der Waals surface area contributed by atoms with E-state index in [9.17, 15) is 18.0 Å². The molecule has 0 spiro atoms. The monoisotopic (exact) mass is 465 g/mol. The summed E-state index contributed by atoms with van der Waals surface area (Å²) in [4.78, 5) is 11.7. The number of benzene rings is 2. The van der Waals surface area contributed by atoms with Gasteiger partial charge in [-0.15, -0.1) is 0 Å². The van der Waals surface area contributed by atoms with Gasteiger partial charge in [0.1, 0.15) is 11.5 Å². The van der Waals surface area contributed by atoms with Crippen LogP contribution in [0.1, 0.15) is 5.56 Å². The van der Waals surface area contributed by atoms with Crippen LogP contribution in [0, 0.1) is 3.57 Å². The van der Waals surface area contributed by atoms with Gasteiger partial charge < -0.3 is 14.8 Å². The second kappa shape index (κ2) is 8.93. The van der Waals surface area contributed by atoms with Crippen LogP contribution in [0.2, 0.25) is 0 Å². The number of carbonyl (C=O) groups excluding carboxylic acids is 1. The molecule has 1 N–H and O–H groups in total. The van der Waals surface area contributed by atoms with Gasteiger partial charge >= 0.3 is 6.18 Å². The number of nitrogens with one attached hydrogen (secondary N) is 1. The van der Waals surface area contributed by atoms with Crippen LogP contribution in [0.25, 0.3) is 0 Å². The van der Waals surface area contributed by atoms with Crippen molar-refractivity contribution in [1.82, 2.24) is 5.32 Å². The molecular formula is C17H15F3INO3. The summed E-state index contributed by atoms with van der Waals surface area (Å²) in [6, 6.07) is 13.3. The highest BCUT2D eigenvalue weighted by molar-refractivity contribution is 14.1. The van der Waals surface area contributed by atoms with Gasteiger partial charge in [-0.05, 0) is 64.6 Å². The Morgan fingerprint density at radius 2 is 1.52 bits per heavy atom. The van der Waals surface area contributed by atoms with E-state index in [2.05, 4.69) is 32.6 Å². The second-order valence-corrected chi connectivity index (χ2v) is 6.31. The molecule has 0 aliphatic carbocycles. The molecule has 25 heavy (non-hydrogen) atoms. The summed E-state index contributed by atoms with van der Waals surface area (Å²) >= 11 is 2.17. The van der Waals surface area contributed by atoms with Gasteiger partial charge in [-0.2, -0.15) is 13.2 Å². The molecule has 0 heterocycles. The highest BCUT2D eigenvalue weighted by Gasteiger charge is 2.28. The van der Waals surface area contributed by atoms with Crippen molar-refractivity contribution in [2.75, 3.05) is 13.2 Å². The minimum absolute atomic E-state index is 0.118. The molecular weight excluding hydrogens is 450 g/mol. The van der Waals surface area contributed by atoms with Gasteiger partial charge in [0.2, 0.25) is 0 Å². The van der Waals surface area contributed by atoms with E-state index >= 15 is 0 Å². The Morgan fingerprint density at radius 3 is 2.12 bits per heavy atom. The lowest BCUT2D eigenvalue weighted by Crippen LogP contribution is -2.28. The summed E-state index contributed by atoms with van der Waals surface area (Å²) in [5.41, 5.74) is 0.738. The van der Waals surface area contributed by atoms with Gasteiger partial charge in [-0.25, -0.2) is 0 Å². The van der Waals surface area contributed by atoms with Crippen molar-refractivity contribution in [3.8, 4) is 11.5 Å². The Bertz CT molecular complexity index is 688. The molecule has 2 aromatic rings. The fourth-order valence-electron chi connectivity index (χ4n) is 1.80. The minimum Gasteiger partial charge on any atom is -0.484 e. The predicted octanol–water partition coefficient (Wildman–Crippen LogP) is 3.93. The summed E-state index contributed by atoms with van der Waals surface area (Å²) in [6.45, 7) is -1.21. The molecule has 0 radical (unpaired) electrons. The average Bonchev–Trinajstić information content (AvgIpc) is 2.58. The van der Waals surface area contributed by atoms with Gasteiger partial charge in [0.25, 0.3) is 5.91 Å². The smallest absolute Gasteiger partial charge is 0.422 e. The zero-order chi connectivity index (χ0) is 18.3. The number of carbonyl (C=O) groups is 1. The third-order valence-corrected chi connectivity index (χ3v) is 3.72. The number of ether oxygens (including phenoxy) is 2. The second-order valence-electron chi connectivity index (χ2n) is 5.07. The maximum Gasteiger partial charge on any atom is 0.422 e. The van der Waals surface area contributed by atoms with Gasteiger partial charge in [-0.3, -0.25) is 4.79 Å². The zero-order valence-corrected chi connectivity index (χ0v) is 15.1. The van der Waals surface area contributed by atoms with E-state index in [0.29, 0.717) is 5.75 Å². The quantitative estimate of drug-likeness (QED) is 0.631. The van der Waals surface area contributed by atoms with Crippen LogP contribution in [0.15, 0.2) is 48.5 Å². The van der Waals surface area contributed by atoms with Crippen LogP contribution in [-0.4, -0.2) is 25.3 Å². The highest BCUT2D eigenvalue weighted by atomic mass is 127. The highest BCUT2D eigenvalue weighted by Crippen LogP contribution is 2.19. The van der Waals surface area contributed by atoms with Crippen molar-refractivity contribution in [1.29, 1.82) is 0 Å². The largest absolute Gasteiger partial charge is 0.484 e. The van der Waals surface area contributed by atoms with E-state index in [1.54, 1.807) is 24.3 Å².